The third-order valence-electron chi connectivity index (χ3n) is 4.00. The molecule has 1 fully saturated rings. The van der Waals surface area contributed by atoms with Gasteiger partial charge >= 0.3 is 0 Å². The molecule has 1 aliphatic carbocycles. The number of nitrogen functional groups attached to an aromatic ring is 1. The van der Waals surface area contributed by atoms with Crippen molar-refractivity contribution in [1.82, 2.24) is 4.90 Å². The van der Waals surface area contributed by atoms with Gasteiger partial charge in [-0.1, -0.05) is 23.7 Å². The third kappa shape index (κ3) is 3.00. The number of halogens is 1. The highest BCUT2D eigenvalue weighted by molar-refractivity contribution is 7.16. The van der Waals surface area contributed by atoms with Crippen molar-refractivity contribution in [2.45, 2.75) is 24.8 Å². The van der Waals surface area contributed by atoms with Crippen LogP contribution in [0.1, 0.15) is 23.3 Å². The van der Waals surface area contributed by atoms with Gasteiger partial charge in [0, 0.05) is 29.1 Å². The summed E-state index contributed by atoms with van der Waals surface area (Å²) in [5.41, 5.74) is 8.37. The van der Waals surface area contributed by atoms with Crippen LogP contribution < -0.4 is 5.73 Å². The highest BCUT2D eigenvalue weighted by atomic mass is 35.5. The molecule has 0 atom stereocenters. The van der Waals surface area contributed by atoms with Crippen LogP contribution in [0.15, 0.2) is 36.4 Å². The molecule has 2 nitrogen and oxygen atoms in total. The summed E-state index contributed by atoms with van der Waals surface area (Å²) in [4.78, 5) is 3.72. The van der Waals surface area contributed by atoms with E-state index in [0.717, 1.165) is 23.1 Å². The molecule has 106 valence electrons. The summed E-state index contributed by atoms with van der Waals surface area (Å²) in [6, 6.07) is 12.5. The van der Waals surface area contributed by atoms with Gasteiger partial charge in [0.25, 0.3) is 0 Å². The Kier molecular flexibility index (Phi) is 3.76. The highest BCUT2D eigenvalue weighted by Crippen LogP contribution is 2.48. The summed E-state index contributed by atoms with van der Waals surface area (Å²) in [5, 5.41) is 0. The molecule has 1 aromatic heterocycles. The predicted octanol–water partition coefficient (Wildman–Crippen LogP) is 4.15. The van der Waals surface area contributed by atoms with Gasteiger partial charge in [0.1, 0.15) is 0 Å². The zero-order chi connectivity index (χ0) is 14.2. The lowest BCUT2D eigenvalue weighted by Gasteiger charge is -2.23. The number of rotatable bonds is 5. The largest absolute Gasteiger partial charge is 0.399 e. The summed E-state index contributed by atoms with van der Waals surface area (Å²) in [5.74, 6) is 0. The van der Waals surface area contributed by atoms with E-state index in [2.05, 4.69) is 30.1 Å². The van der Waals surface area contributed by atoms with Crippen LogP contribution >= 0.6 is 22.9 Å². The van der Waals surface area contributed by atoms with Gasteiger partial charge in [0.15, 0.2) is 0 Å². The van der Waals surface area contributed by atoms with Gasteiger partial charge in [-0.3, -0.25) is 0 Å². The van der Waals surface area contributed by atoms with Gasteiger partial charge < -0.3 is 10.6 Å². The van der Waals surface area contributed by atoms with Crippen LogP contribution in [0.4, 0.5) is 5.69 Å². The maximum absolute atomic E-state index is 5.99. The van der Waals surface area contributed by atoms with Crippen molar-refractivity contribution in [3.8, 4) is 0 Å². The zero-order valence-corrected chi connectivity index (χ0v) is 13.2. The molecule has 0 radical (unpaired) electrons. The molecule has 0 amide bonds. The Bertz CT molecular complexity index is 587. The van der Waals surface area contributed by atoms with E-state index in [9.17, 15) is 0 Å². The summed E-state index contributed by atoms with van der Waals surface area (Å²) in [7, 11) is 2.19. The van der Waals surface area contributed by atoms with Crippen LogP contribution in [0.3, 0.4) is 0 Å². The highest BCUT2D eigenvalue weighted by Gasteiger charge is 2.44. The lowest BCUT2D eigenvalue weighted by atomic mass is 9.95. The molecule has 1 aromatic carbocycles. The fraction of sp³-hybridized carbons (Fsp3) is 0.375. The van der Waals surface area contributed by atoms with Gasteiger partial charge in [-0.25, -0.2) is 0 Å². The van der Waals surface area contributed by atoms with Crippen LogP contribution in [0.2, 0.25) is 4.34 Å². The first-order chi connectivity index (χ1) is 9.57. The topological polar surface area (TPSA) is 29.3 Å². The van der Waals surface area contributed by atoms with Crippen LogP contribution in [-0.4, -0.2) is 18.5 Å². The van der Waals surface area contributed by atoms with E-state index in [-0.39, 0.29) is 0 Å². The van der Waals surface area contributed by atoms with E-state index in [0.29, 0.717) is 5.41 Å². The quantitative estimate of drug-likeness (QED) is 0.841. The van der Waals surface area contributed by atoms with Crippen LogP contribution in [0.25, 0.3) is 0 Å². The Morgan fingerprint density at radius 1 is 1.20 bits per heavy atom. The molecule has 4 heteroatoms. The Hall–Kier alpha value is -1.03. The first-order valence-corrected chi connectivity index (χ1v) is 8.06. The number of benzene rings is 1. The van der Waals surface area contributed by atoms with Gasteiger partial charge in [0.05, 0.1) is 4.34 Å². The summed E-state index contributed by atoms with van der Waals surface area (Å²) >= 11 is 7.66. The molecule has 1 heterocycles. The summed E-state index contributed by atoms with van der Waals surface area (Å²) in [6.45, 7) is 2.06. The van der Waals surface area contributed by atoms with E-state index in [1.807, 2.05) is 18.2 Å². The van der Waals surface area contributed by atoms with Crippen molar-refractivity contribution in [2.24, 2.45) is 0 Å². The van der Waals surface area contributed by atoms with Gasteiger partial charge in [-0.2, -0.15) is 0 Å². The molecule has 3 rings (SSSR count). The standard InChI is InChI=1S/C16H19ClN2S/c1-19(10-14-6-7-15(17)20-14)11-16(8-9-16)12-2-4-13(18)5-3-12/h2-7H,8-11,18H2,1H3. The van der Waals surface area contributed by atoms with E-state index in [1.54, 1.807) is 11.3 Å². The molecule has 2 aromatic rings. The summed E-state index contributed by atoms with van der Waals surface area (Å²) < 4.78 is 0.869. The molecular weight excluding hydrogens is 288 g/mol. The number of likely N-dealkylation sites (N-methyl/N-ethyl adjacent to an activating group) is 1. The number of nitrogens with two attached hydrogens (primary N) is 1. The second kappa shape index (κ2) is 5.40. The first-order valence-electron chi connectivity index (χ1n) is 6.86. The van der Waals surface area contributed by atoms with E-state index < -0.39 is 0 Å². The molecule has 0 bridgehead atoms. The van der Waals surface area contributed by atoms with Crippen LogP contribution in [-0.2, 0) is 12.0 Å². The minimum atomic E-state index is 0.337. The fourth-order valence-corrected chi connectivity index (χ4v) is 3.97. The lowest BCUT2D eigenvalue weighted by molar-refractivity contribution is 0.297. The zero-order valence-electron chi connectivity index (χ0n) is 11.6. The third-order valence-corrected chi connectivity index (χ3v) is 5.22. The van der Waals surface area contributed by atoms with Crippen LogP contribution in [0, 0.1) is 0 Å². The number of hydrogen-bond donors (Lipinski definition) is 1. The van der Waals surface area contributed by atoms with E-state index in [1.165, 1.54) is 23.3 Å². The Labute approximate surface area is 129 Å². The molecule has 0 aliphatic heterocycles. The minimum absolute atomic E-state index is 0.337. The average molecular weight is 307 g/mol. The van der Waals surface area contributed by atoms with Crippen molar-refractivity contribution < 1.29 is 0 Å². The van der Waals surface area contributed by atoms with Crippen molar-refractivity contribution in [2.75, 3.05) is 19.3 Å². The van der Waals surface area contributed by atoms with Gasteiger partial charge in [-0.05, 0) is 49.7 Å². The molecule has 1 saturated carbocycles. The van der Waals surface area contributed by atoms with E-state index in [4.69, 9.17) is 17.3 Å². The van der Waals surface area contributed by atoms with Crippen molar-refractivity contribution in [3.63, 3.8) is 0 Å². The summed E-state index contributed by atoms with van der Waals surface area (Å²) in [6.07, 6.45) is 2.54. The second-order valence-electron chi connectivity index (χ2n) is 5.78. The average Bonchev–Trinajstić information content (AvgIpc) is 3.06. The molecule has 20 heavy (non-hydrogen) atoms. The Morgan fingerprint density at radius 3 is 2.45 bits per heavy atom. The molecule has 0 unspecified atom stereocenters. The maximum atomic E-state index is 5.99. The second-order valence-corrected chi connectivity index (χ2v) is 7.58. The van der Waals surface area contributed by atoms with Gasteiger partial charge in [0.2, 0.25) is 0 Å². The molecular formula is C16H19ClN2S. The molecule has 2 N–H and O–H groups in total. The molecule has 0 spiro atoms. The number of anilines is 1. The van der Waals surface area contributed by atoms with Crippen molar-refractivity contribution >= 4 is 28.6 Å². The molecule has 1 aliphatic rings. The SMILES string of the molecule is CN(Cc1ccc(Cl)s1)CC1(c2ccc(N)cc2)CC1. The van der Waals surface area contributed by atoms with E-state index >= 15 is 0 Å². The lowest BCUT2D eigenvalue weighted by Crippen LogP contribution is -2.28. The maximum Gasteiger partial charge on any atom is 0.0931 e. The van der Waals surface area contributed by atoms with Crippen molar-refractivity contribution in [1.29, 1.82) is 0 Å². The number of nitrogens with zero attached hydrogens (tertiary/aromatic N) is 1. The van der Waals surface area contributed by atoms with Crippen LogP contribution in [0.5, 0.6) is 0 Å². The minimum Gasteiger partial charge on any atom is -0.399 e. The fourth-order valence-electron chi connectivity index (χ4n) is 2.80. The van der Waals surface area contributed by atoms with Crippen molar-refractivity contribution in [3.05, 3.63) is 51.2 Å². The Balaban J connectivity index is 1.66. The first kappa shape index (κ1) is 13.9. The Morgan fingerprint density at radius 2 is 1.90 bits per heavy atom. The molecule has 0 saturated heterocycles. The van der Waals surface area contributed by atoms with Gasteiger partial charge in [-0.15, -0.1) is 11.3 Å². The number of hydrogen-bond acceptors (Lipinski definition) is 3. The predicted molar refractivity (Wildman–Crippen MR) is 87.4 cm³/mol. The smallest absolute Gasteiger partial charge is 0.0931 e. The monoisotopic (exact) mass is 306 g/mol. The number of thiophene rings is 1. The normalized spacial score (nSPS) is 16.6.